The summed E-state index contributed by atoms with van der Waals surface area (Å²) in [5.41, 5.74) is 1.65. The summed E-state index contributed by atoms with van der Waals surface area (Å²) in [4.78, 5) is 11.9. The number of para-hydroxylation sites is 1. The van der Waals surface area contributed by atoms with Gasteiger partial charge in [-0.25, -0.2) is 4.79 Å². The summed E-state index contributed by atoms with van der Waals surface area (Å²) in [5, 5.41) is 8.28. The van der Waals surface area contributed by atoms with Crippen LogP contribution < -0.4 is 4.74 Å². The number of aryl methyl sites for hydroxylation is 1. The molecule has 0 spiro atoms. The highest BCUT2D eigenvalue weighted by molar-refractivity contribution is 6.33. The van der Waals surface area contributed by atoms with Crippen molar-refractivity contribution >= 4 is 17.6 Å². The van der Waals surface area contributed by atoms with Crippen molar-refractivity contribution in [2.75, 3.05) is 6.61 Å². The van der Waals surface area contributed by atoms with Crippen LogP contribution in [-0.4, -0.2) is 22.8 Å². The molecule has 26 heavy (non-hydrogen) atoms. The van der Waals surface area contributed by atoms with E-state index >= 15 is 0 Å². The molecule has 1 heterocycles. The van der Waals surface area contributed by atoms with E-state index in [0.29, 0.717) is 16.3 Å². The van der Waals surface area contributed by atoms with E-state index in [1.54, 1.807) is 12.1 Å². The smallest absolute Gasteiger partial charge is 0.344 e. The Kier molecular flexibility index (Phi) is 5.86. The van der Waals surface area contributed by atoms with Gasteiger partial charge in [0.15, 0.2) is 13.2 Å². The van der Waals surface area contributed by atoms with Crippen LogP contribution in [0, 0.1) is 0 Å². The quantitative estimate of drug-likeness (QED) is 0.582. The molecular formula is C19H17ClN2O4. The van der Waals surface area contributed by atoms with Crippen LogP contribution in [0.5, 0.6) is 5.75 Å². The van der Waals surface area contributed by atoms with Gasteiger partial charge in [-0.1, -0.05) is 48.9 Å². The molecule has 3 rings (SSSR count). The van der Waals surface area contributed by atoms with E-state index in [-0.39, 0.29) is 25.0 Å². The SMILES string of the molecule is CCc1ccccc1OCC(=O)OCc1nnc(-c2ccccc2Cl)o1. The fraction of sp³-hybridized carbons (Fsp3) is 0.211. The van der Waals surface area contributed by atoms with Crippen molar-refractivity contribution < 1.29 is 18.7 Å². The van der Waals surface area contributed by atoms with Crippen LogP contribution in [-0.2, 0) is 22.6 Å². The van der Waals surface area contributed by atoms with Crippen molar-refractivity contribution in [1.29, 1.82) is 0 Å². The molecule has 0 saturated heterocycles. The van der Waals surface area contributed by atoms with E-state index in [2.05, 4.69) is 10.2 Å². The van der Waals surface area contributed by atoms with Gasteiger partial charge in [-0.05, 0) is 30.2 Å². The van der Waals surface area contributed by atoms with Crippen LogP contribution in [0.25, 0.3) is 11.5 Å². The number of carbonyl (C=O) groups is 1. The Morgan fingerprint density at radius 3 is 2.69 bits per heavy atom. The van der Waals surface area contributed by atoms with Gasteiger partial charge in [-0.15, -0.1) is 10.2 Å². The molecule has 0 aliphatic carbocycles. The first-order chi connectivity index (χ1) is 12.7. The Balaban J connectivity index is 1.53. The van der Waals surface area contributed by atoms with E-state index in [1.165, 1.54) is 0 Å². The topological polar surface area (TPSA) is 74.5 Å². The molecule has 1 aromatic heterocycles. The molecule has 3 aromatic rings. The number of hydrogen-bond acceptors (Lipinski definition) is 6. The number of carbonyl (C=O) groups excluding carboxylic acids is 1. The molecule has 0 aliphatic heterocycles. The average Bonchev–Trinajstić information content (AvgIpc) is 3.14. The van der Waals surface area contributed by atoms with Crippen LogP contribution in [0.15, 0.2) is 52.9 Å². The maximum absolute atomic E-state index is 11.9. The Morgan fingerprint density at radius 2 is 1.88 bits per heavy atom. The summed E-state index contributed by atoms with van der Waals surface area (Å²) in [6, 6.07) is 14.7. The van der Waals surface area contributed by atoms with E-state index in [4.69, 9.17) is 25.5 Å². The third kappa shape index (κ3) is 4.40. The maximum atomic E-state index is 11.9. The molecule has 134 valence electrons. The van der Waals surface area contributed by atoms with Gasteiger partial charge < -0.3 is 13.9 Å². The van der Waals surface area contributed by atoms with Gasteiger partial charge in [0.2, 0.25) is 5.89 Å². The summed E-state index contributed by atoms with van der Waals surface area (Å²) in [6.07, 6.45) is 0.817. The predicted octanol–water partition coefficient (Wildman–Crippen LogP) is 4.07. The maximum Gasteiger partial charge on any atom is 0.344 e. The number of hydrogen-bond donors (Lipinski definition) is 0. The zero-order chi connectivity index (χ0) is 18.4. The van der Waals surface area contributed by atoms with Crippen LogP contribution >= 0.6 is 11.6 Å². The molecule has 0 aliphatic rings. The van der Waals surface area contributed by atoms with Crippen LogP contribution in [0.3, 0.4) is 0 Å². The van der Waals surface area contributed by atoms with Crippen molar-refractivity contribution in [3.8, 4) is 17.2 Å². The standard InChI is InChI=1S/C19H17ClN2O4/c1-2-13-7-3-6-10-16(13)24-12-18(23)25-11-17-21-22-19(26-17)14-8-4-5-9-15(14)20/h3-10H,2,11-12H2,1H3. The van der Waals surface area contributed by atoms with Crippen molar-refractivity contribution in [2.45, 2.75) is 20.0 Å². The Hall–Kier alpha value is -2.86. The highest BCUT2D eigenvalue weighted by atomic mass is 35.5. The number of ether oxygens (including phenoxy) is 2. The van der Waals surface area contributed by atoms with Gasteiger partial charge in [0.25, 0.3) is 5.89 Å². The lowest BCUT2D eigenvalue weighted by molar-refractivity contribution is -0.148. The van der Waals surface area contributed by atoms with Crippen molar-refractivity contribution in [3.63, 3.8) is 0 Å². The summed E-state index contributed by atoms with van der Waals surface area (Å²) in [5.74, 6) is 0.608. The molecule has 2 aromatic carbocycles. The van der Waals surface area contributed by atoms with Gasteiger partial charge in [0.1, 0.15) is 5.75 Å². The molecule has 6 nitrogen and oxygen atoms in total. The molecule has 0 radical (unpaired) electrons. The highest BCUT2D eigenvalue weighted by Crippen LogP contribution is 2.26. The Morgan fingerprint density at radius 1 is 1.12 bits per heavy atom. The molecule has 0 atom stereocenters. The summed E-state index contributed by atoms with van der Waals surface area (Å²) in [7, 11) is 0. The second-order valence-electron chi connectivity index (χ2n) is 5.39. The minimum Gasteiger partial charge on any atom is -0.482 e. The van der Waals surface area contributed by atoms with Crippen LogP contribution in [0.1, 0.15) is 18.4 Å². The molecule has 0 fully saturated rings. The summed E-state index contributed by atoms with van der Waals surface area (Å²) >= 11 is 6.09. The average molecular weight is 373 g/mol. The largest absolute Gasteiger partial charge is 0.482 e. The lowest BCUT2D eigenvalue weighted by Gasteiger charge is -2.09. The molecule has 0 amide bonds. The fourth-order valence-corrected chi connectivity index (χ4v) is 2.53. The molecule has 0 bridgehead atoms. The third-order valence-electron chi connectivity index (χ3n) is 3.63. The monoisotopic (exact) mass is 372 g/mol. The van der Waals surface area contributed by atoms with Crippen molar-refractivity contribution in [3.05, 3.63) is 65.0 Å². The first kappa shape index (κ1) is 17.9. The molecule has 0 unspecified atom stereocenters. The second-order valence-corrected chi connectivity index (χ2v) is 5.80. The van der Waals surface area contributed by atoms with E-state index in [0.717, 1.165) is 12.0 Å². The van der Waals surface area contributed by atoms with E-state index < -0.39 is 5.97 Å². The molecule has 7 heteroatoms. The van der Waals surface area contributed by atoms with Gasteiger partial charge in [0, 0.05) is 0 Å². The number of aromatic nitrogens is 2. The minimum absolute atomic E-state index is 0.130. The van der Waals surface area contributed by atoms with Gasteiger partial charge in [-0.3, -0.25) is 0 Å². The van der Waals surface area contributed by atoms with Gasteiger partial charge in [-0.2, -0.15) is 0 Å². The van der Waals surface area contributed by atoms with Crippen LogP contribution in [0.2, 0.25) is 5.02 Å². The number of rotatable bonds is 7. The van der Waals surface area contributed by atoms with Crippen molar-refractivity contribution in [2.24, 2.45) is 0 Å². The van der Waals surface area contributed by atoms with Crippen LogP contribution in [0.4, 0.5) is 0 Å². The highest BCUT2D eigenvalue weighted by Gasteiger charge is 2.13. The first-order valence-corrected chi connectivity index (χ1v) is 8.48. The molecular weight excluding hydrogens is 356 g/mol. The van der Waals surface area contributed by atoms with Crippen molar-refractivity contribution in [1.82, 2.24) is 10.2 Å². The number of nitrogens with zero attached hydrogens (tertiary/aromatic N) is 2. The second kappa shape index (κ2) is 8.49. The first-order valence-electron chi connectivity index (χ1n) is 8.11. The zero-order valence-electron chi connectivity index (χ0n) is 14.1. The number of benzene rings is 2. The minimum atomic E-state index is -0.520. The third-order valence-corrected chi connectivity index (χ3v) is 3.96. The Labute approximate surface area is 155 Å². The van der Waals surface area contributed by atoms with Gasteiger partial charge >= 0.3 is 5.97 Å². The molecule has 0 N–H and O–H groups in total. The lowest BCUT2D eigenvalue weighted by atomic mass is 10.1. The normalized spacial score (nSPS) is 10.5. The number of esters is 1. The predicted molar refractivity (Wildman–Crippen MR) is 95.9 cm³/mol. The summed E-state index contributed by atoms with van der Waals surface area (Å²) < 4.78 is 16.1. The van der Waals surface area contributed by atoms with Gasteiger partial charge in [0.05, 0.1) is 10.6 Å². The summed E-state index contributed by atoms with van der Waals surface area (Å²) in [6.45, 7) is 1.70. The fourth-order valence-electron chi connectivity index (χ4n) is 2.31. The lowest BCUT2D eigenvalue weighted by Crippen LogP contribution is -2.15. The Bertz CT molecular complexity index is 895. The van der Waals surface area contributed by atoms with E-state index in [1.807, 2.05) is 43.3 Å². The van der Waals surface area contributed by atoms with E-state index in [9.17, 15) is 4.79 Å². The molecule has 0 saturated carbocycles. The zero-order valence-corrected chi connectivity index (χ0v) is 14.9. The number of halogens is 1.